The van der Waals surface area contributed by atoms with Crippen molar-refractivity contribution in [3.8, 4) is 5.75 Å². The van der Waals surface area contributed by atoms with Crippen LogP contribution in [0, 0.1) is 0 Å². The Balaban J connectivity index is 2.40. The zero-order valence-electron chi connectivity index (χ0n) is 11.4. The Labute approximate surface area is 112 Å². The smallest absolute Gasteiger partial charge is 0.310 e. The van der Waals surface area contributed by atoms with Gasteiger partial charge in [0.15, 0.2) is 6.61 Å². The molecule has 0 unspecified atom stereocenters. The third kappa shape index (κ3) is 5.90. The van der Waals surface area contributed by atoms with E-state index < -0.39 is 5.97 Å². The average Bonchev–Trinajstić information content (AvgIpc) is 2.36. The van der Waals surface area contributed by atoms with Gasteiger partial charge in [0.1, 0.15) is 5.75 Å². The van der Waals surface area contributed by atoms with Crippen LogP contribution in [0.15, 0.2) is 24.3 Å². The number of ether oxygens (including phenoxy) is 2. The molecule has 0 spiro atoms. The van der Waals surface area contributed by atoms with E-state index in [0.717, 1.165) is 5.56 Å². The average molecular weight is 265 g/mol. The molecular formula is C14H19NO4. The monoisotopic (exact) mass is 265 g/mol. The lowest BCUT2D eigenvalue weighted by Gasteiger charge is -2.09. The van der Waals surface area contributed by atoms with E-state index >= 15 is 0 Å². The molecule has 5 nitrogen and oxygen atoms in total. The Morgan fingerprint density at radius 1 is 1.32 bits per heavy atom. The largest absolute Gasteiger partial charge is 0.497 e. The van der Waals surface area contributed by atoms with Gasteiger partial charge in [-0.3, -0.25) is 9.59 Å². The quantitative estimate of drug-likeness (QED) is 0.788. The second-order valence-corrected chi connectivity index (χ2v) is 4.41. The molecule has 0 aliphatic heterocycles. The molecule has 0 aliphatic carbocycles. The zero-order valence-corrected chi connectivity index (χ0v) is 11.4. The second kappa shape index (κ2) is 7.41. The first-order valence-electron chi connectivity index (χ1n) is 6.09. The van der Waals surface area contributed by atoms with Gasteiger partial charge in [-0.15, -0.1) is 0 Å². The lowest BCUT2D eigenvalue weighted by atomic mass is 10.1. The molecule has 1 amide bonds. The van der Waals surface area contributed by atoms with Crippen LogP contribution in [0.1, 0.15) is 19.4 Å². The van der Waals surface area contributed by atoms with Crippen molar-refractivity contribution < 1.29 is 19.1 Å². The van der Waals surface area contributed by atoms with Crippen molar-refractivity contribution in [2.45, 2.75) is 26.3 Å². The number of benzene rings is 1. The molecule has 0 aromatic heterocycles. The molecule has 0 fully saturated rings. The SMILES string of the molecule is COc1cccc(CC(=O)OCC(=O)NC(C)C)c1. The van der Waals surface area contributed by atoms with Gasteiger partial charge < -0.3 is 14.8 Å². The summed E-state index contributed by atoms with van der Waals surface area (Å²) in [5.74, 6) is -0.0518. The van der Waals surface area contributed by atoms with Gasteiger partial charge in [0.25, 0.3) is 5.91 Å². The second-order valence-electron chi connectivity index (χ2n) is 4.41. The minimum Gasteiger partial charge on any atom is -0.497 e. The third-order valence-electron chi connectivity index (χ3n) is 2.30. The number of methoxy groups -OCH3 is 1. The van der Waals surface area contributed by atoms with Crippen LogP contribution in [0.4, 0.5) is 0 Å². The number of carbonyl (C=O) groups excluding carboxylic acids is 2. The highest BCUT2D eigenvalue weighted by atomic mass is 16.5. The predicted octanol–water partition coefficient (Wildman–Crippen LogP) is 1.31. The van der Waals surface area contributed by atoms with Crippen molar-refractivity contribution in [2.75, 3.05) is 13.7 Å². The van der Waals surface area contributed by atoms with E-state index in [1.165, 1.54) is 0 Å². The van der Waals surface area contributed by atoms with Gasteiger partial charge >= 0.3 is 5.97 Å². The molecule has 1 aromatic rings. The summed E-state index contributed by atoms with van der Waals surface area (Å²) >= 11 is 0. The molecular weight excluding hydrogens is 246 g/mol. The summed E-state index contributed by atoms with van der Waals surface area (Å²) in [6.07, 6.45) is 0.117. The summed E-state index contributed by atoms with van der Waals surface area (Å²) in [6.45, 7) is 3.44. The fourth-order valence-corrected chi connectivity index (χ4v) is 1.51. The van der Waals surface area contributed by atoms with E-state index in [2.05, 4.69) is 5.32 Å². The molecule has 0 saturated heterocycles. The molecule has 1 rings (SSSR count). The summed E-state index contributed by atoms with van der Waals surface area (Å²) in [6, 6.07) is 7.19. The van der Waals surface area contributed by atoms with E-state index in [0.29, 0.717) is 5.75 Å². The number of carbonyl (C=O) groups is 2. The number of rotatable bonds is 6. The summed E-state index contributed by atoms with van der Waals surface area (Å²) in [5.41, 5.74) is 0.786. The summed E-state index contributed by atoms with van der Waals surface area (Å²) in [7, 11) is 1.56. The number of hydrogen-bond acceptors (Lipinski definition) is 4. The van der Waals surface area contributed by atoms with E-state index in [9.17, 15) is 9.59 Å². The van der Waals surface area contributed by atoms with Crippen molar-refractivity contribution in [3.63, 3.8) is 0 Å². The minimum absolute atomic E-state index is 0.0320. The topological polar surface area (TPSA) is 64.6 Å². The van der Waals surface area contributed by atoms with E-state index in [1.807, 2.05) is 13.8 Å². The predicted molar refractivity (Wildman–Crippen MR) is 70.9 cm³/mol. The first-order valence-corrected chi connectivity index (χ1v) is 6.09. The van der Waals surface area contributed by atoms with Gasteiger partial charge in [0.05, 0.1) is 13.5 Å². The lowest BCUT2D eigenvalue weighted by molar-refractivity contribution is -0.148. The maximum absolute atomic E-state index is 11.6. The van der Waals surface area contributed by atoms with Gasteiger partial charge in [-0.05, 0) is 31.5 Å². The molecule has 0 atom stereocenters. The molecule has 1 N–H and O–H groups in total. The maximum atomic E-state index is 11.6. The normalized spacial score (nSPS) is 10.1. The number of hydrogen-bond donors (Lipinski definition) is 1. The highest BCUT2D eigenvalue weighted by Gasteiger charge is 2.09. The van der Waals surface area contributed by atoms with Crippen LogP contribution in [0.2, 0.25) is 0 Å². The Hall–Kier alpha value is -2.04. The Morgan fingerprint density at radius 2 is 2.05 bits per heavy atom. The zero-order chi connectivity index (χ0) is 14.3. The minimum atomic E-state index is -0.438. The van der Waals surface area contributed by atoms with Crippen molar-refractivity contribution in [1.29, 1.82) is 0 Å². The lowest BCUT2D eigenvalue weighted by Crippen LogP contribution is -2.34. The number of amides is 1. The van der Waals surface area contributed by atoms with E-state index in [4.69, 9.17) is 9.47 Å². The van der Waals surface area contributed by atoms with Crippen molar-refractivity contribution in [2.24, 2.45) is 0 Å². The summed E-state index contributed by atoms with van der Waals surface area (Å²) in [5, 5.41) is 2.64. The molecule has 0 aliphatic rings. The molecule has 0 bridgehead atoms. The fraction of sp³-hybridized carbons (Fsp3) is 0.429. The Morgan fingerprint density at radius 3 is 2.68 bits per heavy atom. The van der Waals surface area contributed by atoms with Gasteiger partial charge in [0.2, 0.25) is 0 Å². The number of nitrogens with one attached hydrogen (secondary N) is 1. The summed E-state index contributed by atoms with van der Waals surface area (Å²) in [4.78, 5) is 22.9. The molecule has 19 heavy (non-hydrogen) atoms. The van der Waals surface area contributed by atoms with Crippen LogP contribution in [-0.2, 0) is 20.7 Å². The van der Waals surface area contributed by atoms with Crippen LogP contribution >= 0.6 is 0 Å². The highest BCUT2D eigenvalue weighted by molar-refractivity contribution is 5.81. The molecule has 0 saturated carbocycles. The van der Waals surface area contributed by atoms with Gasteiger partial charge in [0, 0.05) is 6.04 Å². The van der Waals surface area contributed by atoms with Crippen LogP contribution in [0.5, 0.6) is 5.75 Å². The Bertz CT molecular complexity index is 443. The Kier molecular flexibility index (Phi) is 5.85. The van der Waals surface area contributed by atoms with Gasteiger partial charge in [-0.2, -0.15) is 0 Å². The van der Waals surface area contributed by atoms with Crippen LogP contribution < -0.4 is 10.1 Å². The first-order chi connectivity index (χ1) is 9.01. The third-order valence-corrected chi connectivity index (χ3v) is 2.30. The summed E-state index contributed by atoms with van der Waals surface area (Å²) < 4.78 is 9.95. The first kappa shape index (κ1) is 15.0. The van der Waals surface area contributed by atoms with Crippen LogP contribution in [-0.4, -0.2) is 31.6 Å². The number of esters is 1. The molecule has 5 heteroatoms. The molecule has 1 aromatic carbocycles. The van der Waals surface area contributed by atoms with Crippen molar-refractivity contribution in [3.05, 3.63) is 29.8 Å². The molecule has 0 radical (unpaired) electrons. The molecule has 104 valence electrons. The van der Waals surface area contributed by atoms with E-state index in [-0.39, 0.29) is 25.0 Å². The fourth-order valence-electron chi connectivity index (χ4n) is 1.51. The molecule has 0 heterocycles. The van der Waals surface area contributed by atoms with Gasteiger partial charge in [-0.1, -0.05) is 12.1 Å². The van der Waals surface area contributed by atoms with Crippen LogP contribution in [0.25, 0.3) is 0 Å². The van der Waals surface area contributed by atoms with Crippen LogP contribution in [0.3, 0.4) is 0 Å². The maximum Gasteiger partial charge on any atom is 0.310 e. The van der Waals surface area contributed by atoms with Crippen molar-refractivity contribution in [1.82, 2.24) is 5.32 Å². The van der Waals surface area contributed by atoms with Gasteiger partial charge in [-0.25, -0.2) is 0 Å². The van der Waals surface area contributed by atoms with Crippen molar-refractivity contribution >= 4 is 11.9 Å². The van der Waals surface area contributed by atoms with E-state index in [1.54, 1.807) is 31.4 Å². The standard InChI is InChI=1S/C14H19NO4/c1-10(2)15-13(16)9-19-14(17)8-11-5-4-6-12(7-11)18-3/h4-7,10H,8-9H2,1-3H3,(H,15,16). The highest BCUT2D eigenvalue weighted by Crippen LogP contribution is 2.13.